The molecule has 0 radical (unpaired) electrons. The summed E-state index contributed by atoms with van der Waals surface area (Å²) in [6.07, 6.45) is 0.784. The predicted molar refractivity (Wildman–Crippen MR) is 114 cm³/mol. The lowest BCUT2D eigenvalue weighted by molar-refractivity contribution is 0.0968. The van der Waals surface area contributed by atoms with Crippen molar-refractivity contribution in [3.8, 4) is 16.9 Å². The molecule has 1 aromatic heterocycles. The first-order valence-corrected chi connectivity index (χ1v) is 9.92. The van der Waals surface area contributed by atoms with Crippen molar-refractivity contribution in [1.29, 1.82) is 0 Å². The number of hydrogen-bond donors (Lipinski definition) is 0. The van der Waals surface area contributed by atoms with E-state index in [2.05, 4.69) is 4.90 Å². The van der Waals surface area contributed by atoms with E-state index in [1.54, 1.807) is 12.1 Å². The van der Waals surface area contributed by atoms with Crippen LogP contribution in [0.15, 0.2) is 82.0 Å². The van der Waals surface area contributed by atoms with Gasteiger partial charge in [-0.25, -0.2) is 9.18 Å². The van der Waals surface area contributed by atoms with Crippen molar-refractivity contribution in [3.05, 3.63) is 100 Å². The van der Waals surface area contributed by atoms with Crippen LogP contribution in [0.1, 0.15) is 11.1 Å². The Morgan fingerprint density at radius 2 is 1.77 bits per heavy atom. The molecule has 5 heteroatoms. The van der Waals surface area contributed by atoms with Gasteiger partial charge in [0, 0.05) is 18.5 Å². The second-order valence-corrected chi connectivity index (χ2v) is 7.48. The molecule has 0 unspecified atom stereocenters. The fourth-order valence-corrected chi connectivity index (χ4v) is 3.84. The Balaban J connectivity index is 1.43. The average Bonchev–Trinajstić information content (AvgIpc) is 2.79. The fourth-order valence-electron chi connectivity index (χ4n) is 3.84. The number of rotatable bonds is 4. The lowest BCUT2D eigenvalue weighted by Crippen LogP contribution is -2.33. The fraction of sp³-hybridized carbons (Fsp3) is 0.160. The molecule has 0 saturated carbocycles. The third-order valence-corrected chi connectivity index (χ3v) is 5.46. The second-order valence-electron chi connectivity index (χ2n) is 7.48. The van der Waals surface area contributed by atoms with Crippen LogP contribution in [0.3, 0.4) is 0 Å². The molecule has 2 heterocycles. The number of halogens is 1. The van der Waals surface area contributed by atoms with Gasteiger partial charge in [0.1, 0.15) is 23.9 Å². The highest BCUT2D eigenvalue weighted by Gasteiger charge is 2.22. The summed E-state index contributed by atoms with van der Waals surface area (Å²) in [5.74, 6) is 0.515. The van der Waals surface area contributed by atoms with Crippen molar-refractivity contribution in [2.24, 2.45) is 0 Å². The summed E-state index contributed by atoms with van der Waals surface area (Å²) in [5.41, 5.74) is 3.55. The minimum Gasteiger partial charge on any atom is -0.478 e. The van der Waals surface area contributed by atoms with Gasteiger partial charge in [-0.2, -0.15) is 0 Å². The molecule has 4 nitrogen and oxygen atoms in total. The smallest absolute Gasteiger partial charge is 0.344 e. The average molecular weight is 401 g/mol. The first-order valence-electron chi connectivity index (χ1n) is 9.92. The maximum Gasteiger partial charge on any atom is 0.344 e. The first kappa shape index (κ1) is 18.6. The molecule has 0 aliphatic carbocycles. The van der Waals surface area contributed by atoms with Crippen LogP contribution in [0, 0.1) is 5.82 Å². The molecule has 1 aliphatic rings. The van der Waals surface area contributed by atoms with E-state index in [1.807, 2.05) is 48.5 Å². The number of hydrogen-bond acceptors (Lipinski definition) is 4. The van der Waals surface area contributed by atoms with Crippen molar-refractivity contribution < 1.29 is 13.5 Å². The van der Waals surface area contributed by atoms with E-state index in [-0.39, 0.29) is 11.4 Å². The zero-order valence-corrected chi connectivity index (χ0v) is 16.3. The van der Waals surface area contributed by atoms with Gasteiger partial charge in [-0.1, -0.05) is 42.5 Å². The zero-order chi connectivity index (χ0) is 20.5. The van der Waals surface area contributed by atoms with Crippen LogP contribution in [0.5, 0.6) is 5.75 Å². The van der Waals surface area contributed by atoms with Gasteiger partial charge in [-0.3, -0.25) is 4.90 Å². The summed E-state index contributed by atoms with van der Waals surface area (Å²) in [5, 5.41) is 0.871. The largest absolute Gasteiger partial charge is 0.478 e. The van der Waals surface area contributed by atoms with Gasteiger partial charge in [-0.05, 0) is 47.9 Å². The topological polar surface area (TPSA) is 42.7 Å². The SMILES string of the molecule is O=c1oc2c3c(ccc2cc1-c1ccccc1)OCN(CCc1ccc(F)cc1)C3. The molecule has 150 valence electrons. The molecule has 3 aromatic carbocycles. The van der Waals surface area contributed by atoms with Crippen LogP contribution >= 0.6 is 0 Å². The minimum absolute atomic E-state index is 0.231. The Morgan fingerprint density at radius 3 is 2.57 bits per heavy atom. The molecular weight excluding hydrogens is 381 g/mol. The van der Waals surface area contributed by atoms with Crippen molar-refractivity contribution >= 4 is 11.0 Å². The molecule has 5 rings (SSSR count). The molecule has 0 fully saturated rings. The molecule has 1 aliphatic heterocycles. The summed E-state index contributed by atoms with van der Waals surface area (Å²) in [7, 11) is 0. The van der Waals surface area contributed by atoms with Crippen LogP contribution in [0.2, 0.25) is 0 Å². The summed E-state index contributed by atoms with van der Waals surface area (Å²) < 4.78 is 24.8. The Bertz CT molecular complexity index is 1250. The van der Waals surface area contributed by atoms with Gasteiger partial charge < -0.3 is 9.15 Å². The van der Waals surface area contributed by atoms with E-state index in [0.717, 1.165) is 40.8 Å². The van der Waals surface area contributed by atoms with Crippen molar-refractivity contribution in [3.63, 3.8) is 0 Å². The maximum absolute atomic E-state index is 13.1. The number of nitrogens with zero attached hydrogens (tertiary/aromatic N) is 1. The second kappa shape index (κ2) is 7.76. The maximum atomic E-state index is 13.1. The lowest BCUT2D eigenvalue weighted by atomic mass is 10.0. The van der Waals surface area contributed by atoms with E-state index in [0.29, 0.717) is 24.4 Å². The Kier molecular flexibility index (Phi) is 4.81. The van der Waals surface area contributed by atoms with Crippen molar-refractivity contribution in [1.82, 2.24) is 4.90 Å². The zero-order valence-electron chi connectivity index (χ0n) is 16.3. The highest BCUT2D eigenvalue weighted by atomic mass is 19.1. The number of benzene rings is 3. The molecule has 0 spiro atoms. The van der Waals surface area contributed by atoms with Crippen LogP contribution in [-0.2, 0) is 13.0 Å². The van der Waals surface area contributed by atoms with E-state index >= 15 is 0 Å². The van der Waals surface area contributed by atoms with Gasteiger partial charge in [-0.15, -0.1) is 0 Å². The first-order chi connectivity index (χ1) is 14.7. The molecule has 0 saturated heterocycles. The van der Waals surface area contributed by atoms with E-state index < -0.39 is 0 Å². The molecule has 4 aromatic rings. The van der Waals surface area contributed by atoms with E-state index in [1.165, 1.54) is 12.1 Å². The number of ether oxygens (including phenoxy) is 1. The third-order valence-electron chi connectivity index (χ3n) is 5.46. The third kappa shape index (κ3) is 3.60. The highest BCUT2D eigenvalue weighted by molar-refractivity contribution is 5.86. The number of fused-ring (bicyclic) bond motifs is 3. The van der Waals surface area contributed by atoms with Gasteiger partial charge in [0.15, 0.2) is 0 Å². The summed E-state index contributed by atoms with van der Waals surface area (Å²) in [6.45, 7) is 1.85. The highest BCUT2D eigenvalue weighted by Crippen LogP contribution is 2.33. The Hall–Kier alpha value is -3.44. The van der Waals surface area contributed by atoms with Gasteiger partial charge in [0.2, 0.25) is 0 Å². The molecular formula is C25H20FNO3. The summed E-state index contributed by atoms with van der Waals surface area (Å²) >= 11 is 0. The standard InChI is InChI=1S/C25H20FNO3/c26-20-9-6-17(7-10-20)12-13-27-15-22-23(29-16-27)11-8-19-14-21(25(28)30-24(19)22)18-4-2-1-3-5-18/h1-11,14H,12-13,15-16H2. The normalized spacial score (nSPS) is 13.8. The van der Waals surface area contributed by atoms with Gasteiger partial charge in [0.25, 0.3) is 0 Å². The van der Waals surface area contributed by atoms with Crippen LogP contribution in [0.4, 0.5) is 4.39 Å². The van der Waals surface area contributed by atoms with E-state index in [9.17, 15) is 9.18 Å². The van der Waals surface area contributed by atoms with E-state index in [4.69, 9.17) is 9.15 Å². The van der Waals surface area contributed by atoms with Crippen molar-refractivity contribution in [2.75, 3.05) is 13.3 Å². The molecule has 0 atom stereocenters. The van der Waals surface area contributed by atoms with Crippen LogP contribution in [0.25, 0.3) is 22.1 Å². The lowest BCUT2D eigenvalue weighted by Gasteiger charge is -2.29. The predicted octanol–water partition coefficient (Wildman–Crippen LogP) is 4.99. The molecule has 0 bridgehead atoms. The van der Waals surface area contributed by atoms with Gasteiger partial charge >= 0.3 is 5.63 Å². The Labute approximate surface area is 173 Å². The molecule has 0 amide bonds. The molecule has 30 heavy (non-hydrogen) atoms. The minimum atomic E-state index is -0.356. The van der Waals surface area contributed by atoms with Gasteiger partial charge in [0.05, 0.1) is 11.1 Å². The monoisotopic (exact) mass is 401 g/mol. The quantitative estimate of drug-likeness (QED) is 0.452. The van der Waals surface area contributed by atoms with Crippen molar-refractivity contribution in [2.45, 2.75) is 13.0 Å². The van der Waals surface area contributed by atoms with Crippen LogP contribution in [-0.4, -0.2) is 18.2 Å². The summed E-state index contributed by atoms with van der Waals surface area (Å²) in [6, 6.07) is 21.8. The molecule has 0 N–H and O–H groups in total. The summed E-state index contributed by atoms with van der Waals surface area (Å²) in [4.78, 5) is 14.8. The van der Waals surface area contributed by atoms with Crippen LogP contribution < -0.4 is 10.4 Å². The Morgan fingerprint density at radius 1 is 0.967 bits per heavy atom.